The minimum atomic E-state index is -0.720. The molecule has 2 saturated carbocycles. The number of alkyl carbamates (subject to hydrolysis) is 1. The summed E-state index contributed by atoms with van der Waals surface area (Å²) in [7, 11) is 0. The zero-order valence-electron chi connectivity index (χ0n) is 19.1. The monoisotopic (exact) mass is 435 g/mol. The van der Waals surface area contributed by atoms with Crippen molar-refractivity contribution in [3.05, 3.63) is 23.8 Å². The summed E-state index contributed by atoms with van der Waals surface area (Å²) in [5.41, 5.74) is 0.815. The normalized spacial score (nSPS) is 39.4. The Balaban J connectivity index is 1.81. The van der Waals surface area contributed by atoms with Crippen molar-refractivity contribution in [1.82, 2.24) is 5.32 Å². The molecule has 0 bridgehead atoms. The van der Waals surface area contributed by atoms with E-state index in [0.29, 0.717) is 18.4 Å². The number of aliphatic hydroxyl groups excluding tert-OH is 2. The van der Waals surface area contributed by atoms with E-state index in [4.69, 9.17) is 9.47 Å². The Morgan fingerprint density at radius 2 is 2.10 bits per heavy atom. The Hall–Kier alpha value is -1.86. The lowest BCUT2D eigenvalue weighted by Crippen LogP contribution is -2.57. The highest BCUT2D eigenvalue weighted by Gasteiger charge is 2.57. The maximum absolute atomic E-state index is 12.3. The van der Waals surface area contributed by atoms with Gasteiger partial charge >= 0.3 is 12.1 Å². The molecule has 3 fully saturated rings. The molecule has 0 radical (unpaired) electrons. The van der Waals surface area contributed by atoms with Gasteiger partial charge in [0.2, 0.25) is 0 Å². The van der Waals surface area contributed by atoms with E-state index >= 15 is 0 Å². The van der Waals surface area contributed by atoms with Gasteiger partial charge in [-0.25, -0.2) is 9.59 Å². The number of ether oxygens (including phenoxy) is 2. The Bertz CT molecular complexity index is 761. The molecule has 0 aromatic rings. The minimum Gasteiger partial charge on any atom is -0.458 e. The molecule has 7 heteroatoms. The first-order valence-electron chi connectivity index (χ1n) is 11.3. The van der Waals surface area contributed by atoms with Crippen molar-refractivity contribution in [2.24, 2.45) is 22.7 Å². The number of fused-ring (bicyclic) bond motifs is 1. The van der Waals surface area contributed by atoms with Gasteiger partial charge in [-0.15, -0.1) is 0 Å². The quantitative estimate of drug-likeness (QED) is 0.348. The van der Waals surface area contributed by atoms with Gasteiger partial charge in [-0.1, -0.05) is 32.1 Å². The number of aliphatic hydroxyl groups is 2. The van der Waals surface area contributed by atoms with Gasteiger partial charge in [-0.3, -0.25) is 0 Å². The van der Waals surface area contributed by atoms with Crippen LogP contribution in [0.5, 0.6) is 0 Å². The molecule has 0 aromatic carbocycles. The molecule has 1 unspecified atom stereocenters. The second-order valence-electron chi connectivity index (χ2n) is 10.2. The van der Waals surface area contributed by atoms with Gasteiger partial charge in [0.05, 0.1) is 18.3 Å². The largest absolute Gasteiger partial charge is 0.458 e. The van der Waals surface area contributed by atoms with Gasteiger partial charge in [-0.2, -0.15) is 0 Å². The summed E-state index contributed by atoms with van der Waals surface area (Å²) in [5, 5.41) is 23.4. The number of hydrogen-bond donors (Lipinski definition) is 3. The molecule has 1 heterocycles. The van der Waals surface area contributed by atoms with Gasteiger partial charge in [0.25, 0.3) is 0 Å². The summed E-state index contributed by atoms with van der Waals surface area (Å²) in [5.74, 6) is -0.192. The second kappa shape index (κ2) is 8.94. The molecule has 2 aliphatic carbocycles. The lowest BCUT2D eigenvalue weighted by Gasteiger charge is -2.59. The topological polar surface area (TPSA) is 105 Å². The molecular weight excluding hydrogens is 398 g/mol. The molecule has 3 rings (SSSR count). The summed E-state index contributed by atoms with van der Waals surface area (Å²) in [6.07, 6.45) is 3.80. The van der Waals surface area contributed by atoms with E-state index in [1.165, 1.54) is 0 Å². The van der Waals surface area contributed by atoms with E-state index in [2.05, 4.69) is 18.8 Å². The van der Waals surface area contributed by atoms with Gasteiger partial charge in [0.15, 0.2) is 6.10 Å². The first kappa shape index (κ1) is 23.8. The lowest BCUT2D eigenvalue weighted by molar-refractivity contribution is -0.151. The molecule has 3 N–H and O–H groups in total. The van der Waals surface area contributed by atoms with Crippen molar-refractivity contribution in [3.8, 4) is 0 Å². The maximum Gasteiger partial charge on any atom is 0.408 e. The van der Waals surface area contributed by atoms with E-state index in [-0.39, 0.29) is 36.5 Å². The van der Waals surface area contributed by atoms with Crippen molar-refractivity contribution in [3.63, 3.8) is 0 Å². The zero-order valence-corrected chi connectivity index (χ0v) is 19.1. The lowest BCUT2D eigenvalue weighted by atomic mass is 9.46. The molecule has 174 valence electrons. The first-order chi connectivity index (χ1) is 14.5. The van der Waals surface area contributed by atoms with E-state index in [9.17, 15) is 19.8 Å². The Labute approximate surface area is 184 Å². The van der Waals surface area contributed by atoms with Crippen molar-refractivity contribution in [1.29, 1.82) is 0 Å². The molecule has 6 atom stereocenters. The number of carbonyl (C=O) groups excluding carboxylic acids is 2. The highest BCUT2D eigenvalue weighted by molar-refractivity contribution is 5.92. The predicted molar refractivity (Wildman–Crippen MR) is 116 cm³/mol. The Morgan fingerprint density at radius 3 is 2.74 bits per heavy atom. The van der Waals surface area contributed by atoms with Gasteiger partial charge in [-0.05, 0) is 63.2 Å². The summed E-state index contributed by atoms with van der Waals surface area (Å²) in [4.78, 5) is 24.3. The van der Waals surface area contributed by atoms with Crippen LogP contribution in [-0.4, -0.2) is 53.7 Å². The molecule has 0 spiro atoms. The third-order valence-corrected chi connectivity index (χ3v) is 7.87. The maximum atomic E-state index is 12.3. The fourth-order valence-corrected chi connectivity index (χ4v) is 6.05. The number of amides is 1. The molecule has 7 nitrogen and oxygen atoms in total. The van der Waals surface area contributed by atoms with Crippen LogP contribution in [0.4, 0.5) is 4.79 Å². The van der Waals surface area contributed by atoms with Crippen LogP contribution in [0.1, 0.15) is 59.8 Å². The van der Waals surface area contributed by atoms with Crippen molar-refractivity contribution in [2.45, 2.75) is 78.0 Å². The summed E-state index contributed by atoms with van der Waals surface area (Å²) in [6, 6.07) is -0.0668. The molecule has 3 aliphatic rings. The van der Waals surface area contributed by atoms with Crippen LogP contribution in [-0.2, 0) is 14.3 Å². The minimum absolute atomic E-state index is 0.0243. The van der Waals surface area contributed by atoms with Crippen LogP contribution < -0.4 is 5.32 Å². The molecule has 31 heavy (non-hydrogen) atoms. The SMILES string of the molecule is C=C1CCC2[C@](C)(CO)[C@H](O)CC[C@]2(C)[C@H]1CC=C1C(=O)OC[C@H]1OC(=O)NC(C)C. The van der Waals surface area contributed by atoms with Crippen LogP contribution in [0.15, 0.2) is 23.8 Å². The van der Waals surface area contributed by atoms with Crippen molar-refractivity contribution >= 4 is 12.1 Å². The van der Waals surface area contributed by atoms with Gasteiger partial charge < -0.3 is 25.0 Å². The number of hydrogen-bond acceptors (Lipinski definition) is 6. The molecule has 0 aromatic heterocycles. The Kier molecular flexibility index (Phi) is 6.87. The smallest absolute Gasteiger partial charge is 0.408 e. The van der Waals surface area contributed by atoms with E-state index in [1.54, 1.807) is 0 Å². The Morgan fingerprint density at radius 1 is 1.39 bits per heavy atom. The van der Waals surface area contributed by atoms with Crippen LogP contribution >= 0.6 is 0 Å². The second-order valence-corrected chi connectivity index (χ2v) is 10.2. The van der Waals surface area contributed by atoms with Gasteiger partial charge in [0, 0.05) is 11.5 Å². The number of nitrogens with one attached hydrogen (secondary N) is 1. The standard InChI is InChI=1S/C24H37NO6/c1-14(2)25-22(29)31-18-12-30-21(28)16(18)7-8-17-15(3)6-9-19-23(17,4)11-10-20(27)24(19,5)13-26/h7,14,17-20,26-27H,3,6,8-13H2,1-2,4-5H3,(H,25,29)/t17-,18+,19?,20+,23+,24-/m0/s1. The predicted octanol–water partition coefficient (Wildman–Crippen LogP) is 3.10. The number of esters is 1. The molecule has 1 aliphatic heterocycles. The zero-order chi connectivity index (χ0) is 23.0. The number of rotatable bonds is 5. The fraction of sp³-hybridized carbons (Fsp3) is 0.750. The first-order valence-corrected chi connectivity index (χ1v) is 11.3. The molecule has 1 amide bonds. The third-order valence-electron chi connectivity index (χ3n) is 7.87. The van der Waals surface area contributed by atoms with E-state index in [0.717, 1.165) is 24.8 Å². The fourth-order valence-electron chi connectivity index (χ4n) is 6.05. The van der Waals surface area contributed by atoms with Crippen LogP contribution in [0, 0.1) is 22.7 Å². The summed E-state index contributed by atoms with van der Waals surface area (Å²) in [6.45, 7) is 12.2. The molecular formula is C24H37NO6. The number of cyclic esters (lactones) is 1. The highest BCUT2D eigenvalue weighted by atomic mass is 16.6. The number of allylic oxidation sites excluding steroid dienone is 2. The van der Waals surface area contributed by atoms with E-state index in [1.807, 2.05) is 26.8 Å². The highest BCUT2D eigenvalue weighted by Crippen LogP contribution is 2.61. The number of carbonyl (C=O) groups is 2. The van der Waals surface area contributed by atoms with Crippen molar-refractivity contribution < 1.29 is 29.3 Å². The average Bonchev–Trinajstić information content (AvgIpc) is 3.03. The van der Waals surface area contributed by atoms with E-state index < -0.39 is 29.7 Å². The third kappa shape index (κ3) is 4.40. The van der Waals surface area contributed by atoms with Gasteiger partial charge in [0.1, 0.15) is 6.61 Å². The van der Waals surface area contributed by atoms with Crippen LogP contribution in [0.25, 0.3) is 0 Å². The van der Waals surface area contributed by atoms with Crippen LogP contribution in [0.2, 0.25) is 0 Å². The summed E-state index contributed by atoms with van der Waals surface area (Å²) < 4.78 is 10.6. The molecule has 1 saturated heterocycles. The van der Waals surface area contributed by atoms with Crippen LogP contribution in [0.3, 0.4) is 0 Å². The average molecular weight is 436 g/mol. The summed E-state index contributed by atoms with van der Waals surface area (Å²) >= 11 is 0. The van der Waals surface area contributed by atoms with Crippen molar-refractivity contribution in [2.75, 3.05) is 13.2 Å².